The molecule has 23 heavy (non-hydrogen) atoms. The van der Waals surface area contributed by atoms with Crippen LogP contribution >= 0.6 is 23.1 Å². The summed E-state index contributed by atoms with van der Waals surface area (Å²) in [5.74, 6) is 1.79. The average Bonchev–Trinajstić information content (AvgIpc) is 3.11. The predicted molar refractivity (Wildman–Crippen MR) is 91.0 cm³/mol. The van der Waals surface area contributed by atoms with Crippen molar-refractivity contribution in [2.75, 3.05) is 11.1 Å². The molecule has 3 rings (SSSR count). The maximum absolute atomic E-state index is 12.1. The monoisotopic (exact) mass is 352 g/mol. The van der Waals surface area contributed by atoms with Gasteiger partial charge in [0.1, 0.15) is 10.8 Å². The van der Waals surface area contributed by atoms with Crippen LogP contribution in [0.5, 0.6) is 0 Å². The van der Waals surface area contributed by atoms with Gasteiger partial charge in [0.2, 0.25) is 11.0 Å². The van der Waals surface area contributed by atoms with Crippen LogP contribution in [-0.4, -0.2) is 36.6 Å². The molecule has 0 radical (unpaired) electrons. The topological polar surface area (TPSA) is 85.6 Å². The van der Waals surface area contributed by atoms with E-state index >= 15 is 0 Å². The summed E-state index contributed by atoms with van der Waals surface area (Å²) in [5, 5.41) is 21.6. The molecule has 0 spiro atoms. The summed E-state index contributed by atoms with van der Waals surface area (Å²) in [7, 11) is 0. The zero-order valence-electron chi connectivity index (χ0n) is 13.4. The van der Waals surface area contributed by atoms with Gasteiger partial charge in [-0.15, -0.1) is 20.4 Å². The molecule has 0 aromatic carbocycles. The molecule has 1 saturated carbocycles. The number of nitrogens with one attached hydrogen (secondary N) is 1. The van der Waals surface area contributed by atoms with Crippen LogP contribution in [0.25, 0.3) is 0 Å². The van der Waals surface area contributed by atoms with E-state index in [2.05, 4.69) is 44.1 Å². The van der Waals surface area contributed by atoms with Gasteiger partial charge in [-0.3, -0.25) is 10.1 Å². The number of thioether (sulfide) groups is 1. The molecule has 0 unspecified atom stereocenters. The molecule has 1 aliphatic rings. The number of anilines is 1. The Balaban J connectivity index is 1.60. The summed E-state index contributed by atoms with van der Waals surface area (Å²) in [4.78, 5) is 12.1. The summed E-state index contributed by atoms with van der Waals surface area (Å²) < 4.78 is 2.15. The zero-order chi connectivity index (χ0) is 16.4. The molecule has 0 saturated heterocycles. The van der Waals surface area contributed by atoms with E-state index in [1.54, 1.807) is 0 Å². The van der Waals surface area contributed by atoms with E-state index < -0.39 is 0 Å². The van der Waals surface area contributed by atoms with Crippen LogP contribution in [0.1, 0.15) is 56.4 Å². The molecule has 9 heteroatoms. The third-order valence-corrected chi connectivity index (χ3v) is 5.42. The summed E-state index contributed by atoms with van der Waals surface area (Å²) in [5.41, 5.74) is 0. The molecule has 2 aromatic heterocycles. The van der Waals surface area contributed by atoms with Crippen molar-refractivity contribution in [2.45, 2.75) is 57.1 Å². The fourth-order valence-corrected chi connectivity index (χ4v) is 3.79. The maximum atomic E-state index is 12.1. The molecule has 0 atom stereocenters. The Hall–Kier alpha value is -1.48. The van der Waals surface area contributed by atoms with Crippen LogP contribution in [-0.2, 0) is 11.2 Å². The molecular formula is C14H20N6OS2. The van der Waals surface area contributed by atoms with Crippen molar-refractivity contribution in [3.8, 4) is 0 Å². The smallest absolute Gasteiger partial charge is 0.236 e. The number of aromatic nitrogens is 5. The Kier molecular flexibility index (Phi) is 4.96. The van der Waals surface area contributed by atoms with E-state index in [1.807, 2.05) is 6.92 Å². The Labute approximate surface area is 143 Å². The number of hydrogen-bond donors (Lipinski definition) is 1. The lowest BCUT2D eigenvalue weighted by Crippen LogP contribution is -2.15. The van der Waals surface area contributed by atoms with Crippen molar-refractivity contribution >= 4 is 34.1 Å². The average molecular weight is 352 g/mol. The van der Waals surface area contributed by atoms with Crippen LogP contribution < -0.4 is 5.32 Å². The molecule has 7 nitrogen and oxygen atoms in total. The minimum absolute atomic E-state index is 0.0971. The first-order chi connectivity index (χ1) is 11.1. The molecule has 2 heterocycles. The molecule has 1 aliphatic carbocycles. The van der Waals surface area contributed by atoms with Gasteiger partial charge >= 0.3 is 0 Å². The highest BCUT2D eigenvalue weighted by Gasteiger charge is 2.31. The van der Waals surface area contributed by atoms with Crippen LogP contribution in [0.15, 0.2) is 5.16 Å². The fraction of sp³-hybridized carbons (Fsp3) is 0.643. The van der Waals surface area contributed by atoms with Crippen molar-refractivity contribution in [2.24, 2.45) is 0 Å². The maximum Gasteiger partial charge on any atom is 0.236 e. The number of nitrogens with zero attached hydrogens (tertiary/aromatic N) is 5. The lowest BCUT2D eigenvalue weighted by atomic mass is 10.3. The fourth-order valence-electron chi connectivity index (χ4n) is 2.22. The number of aryl methyl sites for hydroxylation is 1. The normalized spacial score (nSPS) is 14.4. The lowest BCUT2D eigenvalue weighted by molar-refractivity contribution is -0.113. The van der Waals surface area contributed by atoms with Crippen LogP contribution in [0.3, 0.4) is 0 Å². The third kappa shape index (κ3) is 3.89. The third-order valence-electron chi connectivity index (χ3n) is 3.50. The Morgan fingerprint density at radius 1 is 1.35 bits per heavy atom. The molecule has 0 bridgehead atoms. The first-order valence-corrected chi connectivity index (χ1v) is 9.58. The minimum Gasteiger partial charge on any atom is -0.303 e. The van der Waals surface area contributed by atoms with Crippen molar-refractivity contribution in [3.63, 3.8) is 0 Å². The van der Waals surface area contributed by atoms with Gasteiger partial charge in [-0.05, 0) is 33.1 Å². The van der Waals surface area contributed by atoms with Gasteiger partial charge in [0.25, 0.3) is 0 Å². The quantitative estimate of drug-likeness (QED) is 0.771. The highest BCUT2D eigenvalue weighted by Crippen LogP contribution is 2.41. The number of rotatable bonds is 7. The van der Waals surface area contributed by atoms with E-state index in [1.165, 1.54) is 35.9 Å². The number of carbonyl (C=O) groups is 1. The zero-order valence-corrected chi connectivity index (χ0v) is 15.1. The number of amides is 1. The molecular weight excluding hydrogens is 332 g/mol. The van der Waals surface area contributed by atoms with Gasteiger partial charge in [0, 0.05) is 12.0 Å². The molecule has 1 N–H and O–H groups in total. The largest absolute Gasteiger partial charge is 0.303 e. The summed E-state index contributed by atoms with van der Waals surface area (Å²) in [6.07, 6.45) is 3.20. The molecule has 1 fully saturated rings. The Bertz CT molecular complexity index is 691. The van der Waals surface area contributed by atoms with E-state index in [0.29, 0.717) is 17.1 Å². The standard InChI is InChI=1S/C14H20N6OS2/c1-4-11-16-18-13(23-11)15-10(21)7-22-14-19-17-12(9-5-6-9)20(14)8(2)3/h8-9H,4-7H2,1-3H3,(H,15,18,21). The van der Waals surface area contributed by atoms with Gasteiger partial charge in [0.15, 0.2) is 5.16 Å². The second-order valence-electron chi connectivity index (χ2n) is 5.77. The van der Waals surface area contributed by atoms with E-state index in [9.17, 15) is 4.79 Å². The Morgan fingerprint density at radius 3 is 2.74 bits per heavy atom. The Morgan fingerprint density at radius 2 is 2.13 bits per heavy atom. The molecule has 124 valence electrons. The molecule has 2 aromatic rings. The van der Waals surface area contributed by atoms with Gasteiger partial charge in [-0.1, -0.05) is 30.0 Å². The lowest BCUT2D eigenvalue weighted by Gasteiger charge is -2.13. The van der Waals surface area contributed by atoms with Crippen LogP contribution in [0, 0.1) is 0 Å². The van der Waals surface area contributed by atoms with Crippen molar-refractivity contribution in [3.05, 3.63) is 10.8 Å². The van der Waals surface area contributed by atoms with Gasteiger partial charge in [-0.25, -0.2) is 0 Å². The second kappa shape index (κ2) is 6.96. The van der Waals surface area contributed by atoms with Gasteiger partial charge in [0.05, 0.1) is 5.75 Å². The van der Waals surface area contributed by atoms with E-state index in [-0.39, 0.29) is 11.7 Å². The van der Waals surface area contributed by atoms with Crippen molar-refractivity contribution < 1.29 is 4.79 Å². The number of carbonyl (C=O) groups excluding carboxylic acids is 1. The van der Waals surface area contributed by atoms with Crippen LogP contribution in [0.4, 0.5) is 5.13 Å². The highest BCUT2D eigenvalue weighted by molar-refractivity contribution is 7.99. The predicted octanol–water partition coefficient (Wildman–Crippen LogP) is 2.88. The van der Waals surface area contributed by atoms with Crippen molar-refractivity contribution in [1.82, 2.24) is 25.0 Å². The summed E-state index contributed by atoms with van der Waals surface area (Å²) in [6, 6.07) is 0.293. The minimum atomic E-state index is -0.0971. The van der Waals surface area contributed by atoms with Crippen molar-refractivity contribution in [1.29, 1.82) is 0 Å². The number of hydrogen-bond acceptors (Lipinski definition) is 7. The van der Waals surface area contributed by atoms with E-state index in [0.717, 1.165) is 22.4 Å². The first kappa shape index (κ1) is 16.4. The summed E-state index contributed by atoms with van der Waals surface area (Å²) >= 11 is 2.83. The SMILES string of the molecule is CCc1nnc(NC(=O)CSc2nnc(C3CC3)n2C(C)C)s1. The van der Waals surface area contributed by atoms with Gasteiger partial charge in [-0.2, -0.15) is 0 Å². The highest BCUT2D eigenvalue weighted by atomic mass is 32.2. The van der Waals surface area contributed by atoms with Crippen LogP contribution in [0.2, 0.25) is 0 Å². The second-order valence-corrected chi connectivity index (χ2v) is 7.77. The molecule has 1 amide bonds. The first-order valence-electron chi connectivity index (χ1n) is 7.78. The summed E-state index contributed by atoms with van der Waals surface area (Å²) in [6.45, 7) is 6.25. The van der Waals surface area contributed by atoms with Gasteiger partial charge < -0.3 is 4.57 Å². The molecule has 0 aliphatic heterocycles. The van der Waals surface area contributed by atoms with E-state index in [4.69, 9.17) is 0 Å².